The summed E-state index contributed by atoms with van der Waals surface area (Å²) < 4.78 is 12.9. The second kappa shape index (κ2) is 9.54. The molecule has 2 heterocycles. The first-order chi connectivity index (χ1) is 12.2. The van der Waals surface area contributed by atoms with E-state index in [2.05, 4.69) is 34.5 Å². The number of nitrogens with zero attached hydrogens (tertiary/aromatic N) is 1. The molecule has 2 aromatic rings. The predicted octanol–water partition coefficient (Wildman–Crippen LogP) is 4.92. The molecule has 146 valence electrons. The third-order valence-corrected chi connectivity index (χ3v) is 5.44. The van der Waals surface area contributed by atoms with E-state index in [4.69, 9.17) is 0 Å². The quantitative estimate of drug-likeness (QED) is 0.710. The van der Waals surface area contributed by atoms with Crippen LogP contribution < -0.4 is 5.32 Å². The lowest BCUT2D eigenvalue weighted by atomic mass is 9.89. The van der Waals surface area contributed by atoms with Crippen LogP contribution in [0.25, 0.3) is 0 Å². The van der Waals surface area contributed by atoms with Crippen LogP contribution in [-0.2, 0) is 0 Å². The lowest BCUT2D eigenvalue weighted by Gasteiger charge is -2.35. The predicted molar refractivity (Wildman–Crippen MR) is 112 cm³/mol. The Morgan fingerprint density at radius 3 is 2.63 bits per heavy atom. The molecule has 2 aliphatic rings. The van der Waals surface area contributed by atoms with Gasteiger partial charge in [-0.1, -0.05) is 18.2 Å². The Morgan fingerprint density at radius 1 is 1.11 bits per heavy atom. The minimum atomic E-state index is -0.301. The number of para-hydroxylation sites is 1. The Hall–Kier alpha value is -1.62. The van der Waals surface area contributed by atoms with Crippen LogP contribution in [-0.4, -0.2) is 36.4 Å². The highest BCUT2D eigenvalue weighted by Gasteiger charge is 2.36. The van der Waals surface area contributed by atoms with E-state index in [1.807, 2.05) is 0 Å². The number of halogens is 3. The van der Waals surface area contributed by atoms with E-state index in [9.17, 15) is 9.18 Å². The number of hydrogen-bond acceptors (Lipinski definition) is 3. The average molecular weight is 411 g/mol. The molecule has 1 N–H and O–H groups in total. The number of hydrogen-bond donors (Lipinski definition) is 1. The summed E-state index contributed by atoms with van der Waals surface area (Å²) in [6, 6.07) is 15.0. The van der Waals surface area contributed by atoms with Crippen LogP contribution in [0.1, 0.15) is 41.1 Å². The Labute approximate surface area is 172 Å². The molecule has 0 amide bonds. The van der Waals surface area contributed by atoms with Gasteiger partial charge in [0.15, 0.2) is 5.78 Å². The molecule has 2 unspecified atom stereocenters. The largest absolute Gasteiger partial charge is 0.381 e. The van der Waals surface area contributed by atoms with Gasteiger partial charge in [-0.05, 0) is 55.3 Å². The van der Waals surface area contributed by atoms with Crippen molar-refractivity contribution in [2.45, 2.75) is 31.2 Å². The number of anilines is 1. The Bertz CT molecular complexity index is 769. The van der Waals surface area contributed by atoms with Gasteiger partial charge in [0, 0.05) is 42.7 Å². The highest BCUT2D eigenvalue weighted by atomic mass is 35.5. The fourth-order valence-electron chi connectivity index (χ4n) is 4.11. The molecular weight excluding hydrogens is 386 g/mol. The summed E-state index contributed by atoms with van der Waals surface area (Å²) in [4.78, 5) is 14.7. The van der Waals surface area contributed by atoms with Crippen LogP contribution in [0.15, 0.2) is 48.5 Å². The maximum absolute atomic E-state index is 12.9. The number of benzene rings is 2. The van der Waals surface area contributed by atoms with Gasteiger partial charge in [-0.25, -0.2) is 4.39 Å². The van der Waals surface area contributed by atoms with Crippen LogP contribution >= 0.6 is 24.8 Å². The molecule has 2 aromatic carbocycles. The van der Waals surface area contributed by atoms with Crippen molar-refractivity contribution in [3.63, 3.8) is 0 Å². The van der Waals surface area contributed by atoms with Crippen molar-refractivity contribution in [1.82, 2.24) is 4.90 Å². The van der Waals surface area contributed by atoms with Gasteiger partial charge in [0.25, 0.3) is 0 Å². The zero-order chi connectivity index (χ0) is 17.2. The second-order valence-corrected chi connectivity index (χ2v) is 7.07. The Morgan fingerprint density at radius 2 is 1.85 bits per heavy atom. The van der Waals surface area contributed by atoms with E-state index in [1.54, 1.807) is 12.1 Å². The SMILES string of the molecule is Cl.Cl.O=C(CCCN1CCC2Nc3ccccc3C2C1)c1ccc(F)cc1. The summed E-state index contributed by atoms with van der Waals surface area (Å²) in [6.45, 7) is 3.07. The summed E-state index contributed by atoms with van der Waals surface area (Å²) in [6.07, 6.45) is 2.51. The number of fused-ring (bicyclic) bond motifs is 3. The molecule has 0 aliphatic carbocycles. The zero-order valence-corrected chi connectivity index (χ0v) is 16.7. The summed E-state index contributed by atoms with van der Waals surface area (Å²) >= 11 is 0. The van der Waals surface area contributed by atoms with Crippen molar-refractivity contribution in [3.05, 3.63) is 65.5 Å². The fourth-order valence-corrected chi connectivity index (χ4v) is 4.11. The molecule has 1 fully saturated rings. The third-order valence-electron chi connectivity index (χ3n) is 5.44. The molecule has 27 heavy (non-hydrogen) atoms. The van der Waals surface area contributed by atoms with E-state index in [-0.39, 0.29) is 36.4 Å². The maximum Gasteiger partial charge on any atom is 0.162 e. The van der Waals surface area contributed by atoms with Crippen LogP contribution in [0.4, 0.5) is 10.1 Å². The van der Waals surface area contributed by atoms with Crippen molar-refractivity contribution in [3.8, 4) is 0 Å². The van der Waals surface area contributed by atoms with Crippen molar-refractivity contribution < 1.29 is 9.18 Å². The average Bonchev–Trinajstić information content (AvgIpc) is 3.00. The molecule has 1 saturated heterocycles. The monoisotopic (exact) mass is 410 g/mol. The number of ketones is 1. The van der Waals surface area contributed by atoms with E-state index < -0.39 is 0 Å². The van der Waals surface area contributed by atoms with Gasteiger partial charge in [0.1, 0.15) is 5.82 Å². The van der Waals surface area contributed by atoms with Gasteiger partial charge in [0.05, 0.1) is 0 Å². The number of likely N-dealkylation sites (tertiary alicyclic amines) is 1. The van der Waals surface area contributed by atoms with Crippen LogP contribution in [0, 0.1) is 5.82 Å². The molecule has 4 rings (SSSR count). The minimum absolute atomic E-state index is 0. The first-order valence-corrected chi connectivity index (χ1v) is 9.07. The standard InChI is InChI=1S/C21H23FN2O.2ClH/c22-16-9-7-15(8-10-16)21(25)6-3-12-24-13-11-20-18(14-24)17-4-1-2-5-19(17)23-20;;/h1-2,4-5,7-10,18,20,23H,3,6,11-14H2;2*1H. The molecule has 3 nitrogen and oxygen atoms in total. The molecule has 0 spiro atoms. The summed E-state index contributed by atoms with van der Waals surface area (Å²) in [7, 11) is 0. The second-order valence-electron chi connectivity index (χ2n) is 7.07. The number of nitrogens with one attached hydrogen (secondary N) is 1. The first-order valence-electron chi connectivity index (χ1n) is 9.07. The number of carbonyl (C=O) groups is 1. The third kappa shape index (κ3) is 4.81. The molecule has 2 atom stereocenters. The van der Waals surface area contributed by atoms with E-state index >= 15 is 0 Å². The van der Waals surface area contributed by atoms with Crippen molar-refractivity contribution in [1.29, 1.82) is 0 Å². The molecule has 0 saturated carbocycles. The zero-order valence-electron chi connectivity index (χ0n) is 15.1. The number of piperidine rings is 1. The van der Waals surface area contributed by atoms with Gasteiger partial charge in [-0.2, -0.15) is 0 Å². The van der Waals surface area contributed by atoms with Gasteiger partial charge in [-0.3, -0.25) is 4.79 Å². The molecule has 0 aromatic heterocycles. The van der Waals surface area contributed by atoms with Crippen molar-refractivity contribution in [2.75, 3.05) is 25.0 Å². The van der Waals surface area contributed by atoms with Gasteiger partial charge < -0.3 is 10.2 Å². The number of rotatable bonds is 5. The van der Waals surface area contributed by atoms with Crippen molar-refractivity contribution in [2.24, 2.45) is 0 Å². The van der Waals surface area contributed by atoms with Crippen molar-refractivity contribution >= 4 is 36.3 Å². The van der Waals surface area contributed by atoms with E-state index in [0.717, 1.165) is 32.5 Å². The first kappa shape index (κ1) is 21.7. The summed E-state index contributed by atoms with van der Waals surface area (Å²) in [5.74, 6) is 0.352. The van der Waals surface area contributed by atoms with Crippen LogP contribution in [0.5, 0.6) is 0 Å². The topological polar surface area (TPSA) is 32.3 Å². The van der Waals surface area contributed by atoms with E-state index in [1.165, 1.54) is 23.4 Å². The molecule has 0 radical (unpaired) electrons. The number of Topliss-reactive ketones (excluding diaryl/α,β-unsaturated/α-hetero) is 1. The lowest BCUT2D eigenvalue weighted by molar-refractivity contribution is 0.0971. The maximum atomic E-state index is 12.9. The van der Waals surface area contributed by atoms with Gasteiger partial charge >= 0.3 is 0 Å². The molecule has 0 bridgehead atoms. The summed E-state index contributed by atoms with van der Waals surface area (Å²) in [5, 5.41) is 3.65. The summed E-state index contributed by atoms with van der Waals surface area (Å²) in [5.41, 5.74) is 3.32. The smallest absolute Gasteiger partial charge is 0.162 e. The van der Waals surface area contributed by atoms with Crippen LogP contribution in [0.3, 0.4) is 0 Å². The van der Waals surface area contributed by atoms with Gasteiger partial charge in [-0.15, -0.1) is 24.8 Å². The highest BCUT2D eigenvalue weighted by Crippen LogP contribution is 2.39. The Balaban J connectivity index is 0.00000131. The fraction of sp³-hybridized carbons (Fsp3) is 0.381. The normalized spacial score (nSPS) is 20.5. The van der Waals surface area contributed by atoms with Crippen LogP contribution in [0.2, 0.25) is 0 Å². The Kier molecular flexibility index (Phi) is 7.66. The molecule has 2 aliphatic heterocycles. The molecule has 6 heteroatoms. The van der Waals surface area contributed by atoms with Gasteiger partial charge in [0.2, 0.25) is 0 Å². The van der Waals surface area contributed by atoms with E-state index in [0.29, 0.717) is 23.9 Å². The number of carbonyl (C=O) groups excluding carboxylic acids is 1. The lowest BCUT2D eigenvalue weighted by Crippen LogP contribution is -2.42. The molecular formula is C21H25Cl2FN2O. The minimum Gasteiger partial charge on any atom is -0.381 e. The highest BCUT2D eigenvalue weighted by molar-refractivity contribution is 5.95.